The van der Waals surface area contributed by atoms with Crippen LogP contribution in [0.25, 0.3) is 66.4 Å². The molecule has 0 unspecified atom stereocenters. The van der Waals surface area contributed by atoms with Gasteiger partial charge in [0.25, 0.3) is 0 Å². The number of anilines is 6. The van der Waals surface area contributed by atoms with E-state index in [4.69, 9.17) is 0 Å². The molecule has 328 valence electrons. The molecule has 11 aromatic carbocycles. The lowest BCUT2D eigenvalue weighted by Crippen LogP contribution is -2.17. The Morgan fingerprint density at radius 1 is 0.246 bits per heavy atom. The third kappa shape index (κ3) is 7.67. The number of para-hydroxylation sites is 2. The SMILES string of the molecule is CC1(C)c2ccccc2-c2ccc(N(c3ccccc3)c3cc(-c4ccc(-c5c(-c6ccccc6)cccc5-c5ccccc5)cc4)cc(N(c4ccccc4)c4ccc5ccccc5c4)c3)cc21. The normalized spacial score (nSPS) is 12.3. The monoisotopic (exact) mass is 882 g/mol. The molecule has 0 spiro atoms. The van der Waals surface area contributed by atoms with Crippen molar-refractivity contribution < 1.29 is 0 Å². The summed E-state index contributed by atoms with van der Waals surface area (Å²) >= 11 is 0. The Balaban J connectivity index is 1.07. The summed E-state index contributed by atoms with van der Waals surface area (Å²) < 4.78 is 0. The maximum absolute atomic E-state index is 2.44. The molecular formula is C67H50N2. The standard InChI is InChI=1S/C67H50N2/c1-67(2)64-33-18-17-30-62(64)63-41-40-57(46-65(63)67)69(55-28-13-6-14-29-55)59-44-53(43-58(45-59)68(54-26-11-5-12-27-54)56-39-38-47-20-15-16-25-52(47)42-56)48-34-36-51(37-35-48)66-60(49-21-7-3-8-22-49)31-19-32-61(66)50-23-9-4-10-24-50/h3-46H,1-2H3. The topological polar surface area (TPSA) is 6.48 Å². The van der Waals surface area contributed by atoms with E-state index in [1.807, 2.05) is 0 Å². The molecule has 0 aromatic heterocycles. The van der Waals surface area contributed by atoms with Gasteiger partial charge in [0.15, 0.2) is 0 Å². The number of nitrogens with zero attached hydrogens (tertiary/aromatic N) is 2. The van der Waals surface area contributed by atoms with Gasteiger partial charge in [0.2, 0.25) is 0 Å². The van der Waals surface area contributed by atoms with E-state index in [2.05, 4.69) is 291 Å². The van der Waals surface area contributed by atoms with Crippen molar-refractivity contribution in [2.75, 3.05) is 9.80 Å². The van der Waals surface area contributed by atoms with E-state index < -0.39 is 0 Å². The van der Waals surface area contributed by atoms with Crippen molar-refractivity contribution in [3.8, 4) is 55.6 Å². The lowest BCUT2D eigenvalue weighted by atomic mass is 9.82. The van der Waals surface area contributed by atoms with E-state index in [9.17, 15) is 0 Å². The first kappa shape index (κ1) is 41.7. The average molecular weight is 883 g/mol. The fourth-order valence-corrected chi connectivity index (χ4v) is 10.6. The van der Waals surface area contributed by atoms with Crippen LogP contribution < -0.4 is 9.80 Å². The van der Waals surface area contributed by atoms with Crippen molar-refractivity contribution >= 4 is 44.9 Å². The zero-order valence-electron chi connectivity index (χ0n) is 38.8. The molecule has 0 aliphatic heterocycles. The first-order valence-electron chi connectivity index (χ1n) is 23.9. The number of fused-ring (bicyclic) bond motifs is 4. The summed E-state index contributed by atoms with van der Waals surface area (Å²) in [4.78, 5) is 4.84. The summed E-state index contributed by atoms with van der Waals surface area (Å²) in [5.74, 6) is 0. The Morgan fingerprint density at radius 2 is 0.710 bits per heavy atom. The molecule has 0 heterocycles. The largest absolute Gasteiger partial charge is 0.310 e. The van der Waals surface area contributed by atoms with Crippen LogP contribution >= 0.6 is 0 Å². The lowest BCUT2D eigenvalue weighted by Gasteiger charge is -2.31. The van der Waals surface area contributed by atoms with E-state index >= 15 is 0 Å². The Morgan fingerprint density at radius 3 is 1.32 bits per heavy atom. The van der Waals surface area contributed by atoms with Gasteiger partial charge in [0.05, 0.1) is 0 Å². The molecule has 0 radical (unpaired) electrons. The summed E-state index contributed by atoms with van der Waals surface area (Å²) in [6.07, 6.45) is 0. The summed E-state index contributed by atoms with van der Waals surface area (Å²) in [7, 11) is 0. The predicted octanol–water partition coefficient (Wildman–Crippen LogP) is 18.8. The van der Waals surface area contributed by atoms with Crippen LogP contribution in [0.1, 0.15) is 25.0 Å². The van der Waals surface area contributed by atoms with Gasteiger partial charge in [-0.2, -0.15) is 0 Å². The minimum absolute atomic E-state index is 0.154. The average Bonchev–Trinajstić information content (AvgIpc) is 3.64. The first-order chi connectivity index (χ1) is 34.0. The van der Waals surface area contributed by atoms with Gasteiger partial charge in [-0.3, -0.25) is 0 Å². The van der Waals surface area contributed by atoms with Crippen molar-refractivity contribution in [2.24, 2.45) is 0 Å². The van der Waals surface area contributed by atoms with Crippen molar-refractivity contribution in [1.29, 1.82) is 0 Å². The molecule has 0 N–H and O–H groups in total. The molecule has 11 aromatic rings. The molecule has 0 fully saturated rings. The van der Waals surface area contributed by atoms with Gasteiger partial charge in [-0.05, 0) is 144 Å². The minimum atomic E-state index is -0.154. The molecule has 0 saturated carbocycles. The highest BCUT2D eigenvalue weighted by atomic mass is 15.2. The third-order valence-electron chi connectivity index (χ3n) is 14.0. The molecule has 0 atom stereocenters. The molecule has 0 bridgehead atoms. The minimum Gasteiger partial charge on any atom is -0.310 e. The van der Waals surface area contributed by atoms with Gasteiger partial charge < -0.3 is 9.80 Å². The zero-order valence-corrected chi connectivity index (χ0v) is 38.8. The molecule has 2 nitrogen and oxygen atoms in total. The van der Waals surface area contributed by atoms with Crippen LogP contribution in [0.15, 0.2) is 267 Å². The van der Waals surface area contributed by atoms with Gasteiger partial charge in [0, 0.05) is 39.5 Å². The van der Waals surface area contributed by atoms with Crippen molar-refractivity contribution in [1.82, 2.24) is 0 Å². The van der Waals surface area contributed by atoms with Gasteiger partial charge in [-0.25, -0.2) is 0 Å². The van der Waals surface area contributed by atoms with Crippen LogP contribution in [0, 0.1) is 0 Å². The molecule has 0 amide bonds. The first-order valence-corrected chi connectivity index (χ1v) is 23.9. The van der Waals surface area contributed by atoms with Gasteiger partial charge in [-0.1, -0.05) is 214 Å². The molecular weight excluding hydrogens is 833 g/mol. The Kier molecular flexibility index (Phi) is 10.6. The lowest BCUT2D eigenvalue weighted by molar-refractivity contribution is 0.660. The van der Waals surface area contributed by atoms with Crippen LogP contribution in [0.5, 0.6) is 0 Å². The van der Waals surface area contributed by atoms with E-state index in [1.165, 1.54) is 66.4 Å². The highest BCUT2D eigenvalue weighted by Crippen LogP contribution is 2.51. The molecule has 1 aliphatic carbocycles. The van der Waals surface area contributed by atoms with Crippen molar-refractivity contribution in [3.63, 3.8) is 0 Å². The molecule has 12 rings (SSSR count). The summed E-state index contributed by atoms with van der Waals surface area (Å²) in [5, 5.41) is 2.41. The quantitative estimate of drug-likeness (QED) is 0.135. The maximum atomic E-state index is 2.44. The van der Waals surface area contributed by atoms with E-state index in [1.54, 1.807) is 0 Å². The maximum Gasteiger partial charge on any atom is 0.0488 e. The second kappa shape index (κ2) is 17.5. The Hall–Kier alpha value is -8.72. The predicted molar refractivity (Wildman–Crippen MR) is 293 cm³/mol. The fourth-order valence-electron chi connectivity index (χ4n) is 10.6. The smallest absolute Gasteiger partial charge is 0.0488 e. The van der Waals surface area contributed by atoms with Crippen LogP contribution in [0.4, 0.5) is 34.1 Å². The van der Waals surface area contributed by atoms with Gasteiger partial charge in [0.1, 0.15) is 0 Å². The Labute approximate surface area is 405 Å². The third-order valence-corrected chi connectivity index (χ3v) is 14.0. The second-order valence-corrected chi connectivity index (χ2v) is 18.5. The van der Waals surface area contributed by atoms with Gasteiger partial charge >= 0.3 is 0 Å². The summed E-state index contributed by atoms with van der Waals surface area (Å²) in [5.41, 5.74) is 21.1. The molecule has 69 heavy (non-hydrogen) atoms. The second-order valence-electron chi connectivity index (χ2n) is 18.5. The van der Waals surface area contributed by atoms with Gasteiger partial charge in [-0.15, -0.1) is 0 Å². The number of hydrogen-bond acceptors (Lipinski definition) is 2. The van der Waals surface area contributed by atoms with Crippen molar-refractivity contribution in [3.05, 3.63) is 278 Å². The van der Waals surface area contributed by atoms with Crippen LogP contribution in [0.3, 0.4) is 0 Å². The van der Waals surface area contributed by atoms with E-state index in [0.29, 0.717) is 0 Å². The van der Waals surface area contributed by atoms with Crippen LogP contribution in [0.2, 0.25) is 0 Å². The molecule has 0 saturated heterocycles. The number of benzene rings is 11. The molecule has 1 aliphatic rings. The van der Waals surface area contributed by atoms with Crippen LogP contribution in [-0.2, 0) is 5.41 Å². The highest BCUT2D eigenvalue weighted by molar-refractivity contribution is 5.96. The van der Waals surface area contributed by atoms with Crippen LogP contribution in [-0.4, -0.2) is 0 Å². The fraction of sp³-hybridized carbons (Fsp3) is 0.0448. The molecule has 2 heteroatoms. The summed E-state index contributed by atoms with van der Waals surface area (Å²) in [6, 6.07) is 97.5. The highest BCUT2D eigenvalue weighted by Gasteiger charge is 2.36. The Bertz CT molecular complexity index is 3560. The zero-order chi connectivity index (χ0) is 46.3. The number of hydrogen-bond donors (Lipinski definition) is 0. The van der Waals surface area contributed by atoms with E-state index in [0.717, 1.165) is 45.3 Å². The van der Waals surface area contributed by atoms with E-state index in [-0.39, 0.29) is 5.41 Å². The number of rotatable bonds is 10. The van der Waals surface area contributed by atoms with Crippen molar-refractivity contribution in [2.45, 2.75) is 19.3 Å². The summed E-state index contributed by atoms with van der Waals surface area (Å²) in [6.45, 7) is 4.72.